The van der Waals surface area contributed by atoms with Gasteiger partial charge in [0.15, 0.2) is 5.13 Å². The van der Waals surface area contributed by atoms with Gasteiger partial charge in [-0.2, -0.15) is 0 Å². The van der Waals surface area contributed by atoms with Crippen LogP contribution in [0.4, 0.5) is 5.13 Å². The summed E-state index contributed by atoms with van der Waals surface area (Å²) < 4.78 is 0. The molecule has 0 aromatic carbocycles. The van der Waals surface area contributed by atoms with E-state index in [-0.39, 0.29) is 5.91 Å². The molecule has 2 saturated carbocycles. The molecule has 2 heterocycles. The number of hydrogen-bond acceptors (Lipinski definition) is 5. The number of nitrogens with one attached hydrogen (secondary N) is 1. The van der Waals surface area contributed by atoms with Crippen LogP contribution in [-0.2, 0) is 11.3 Å². The van der Waals surface area contributed by atoms with Crippen molar-refractivity contribution in [3.8, 4) is 0 Å². The third kappa shape index (κ3) is 2.86. The van der Waals surface area contributed by atoms with Gasteiger partial charge in [0.25, 0.3) is 0 Å². The first kappa shape index (κ1) is 14.5. The highest BCUT2D eigenvalue weighted by Gasteiger charge is 2.36. The van der Waals surface area contributed by atoms with Crippen LogP contribution < -0.4 is 10.2 Å². The molecule has 0 radical (unpaired) electrons. The number of aromatic nitrogens is 1. The summed E-state index contributed by atoms with van der Waals surface area (Å²) in [7, 11) is 2.14. The fraction of sp³-hybridized carbons (Fsp3) is 0.750. The summed E-state index contributed by atoms with van der Waals surface area (Å²) in [5.74, 6) is 0.175. The molecule has 5 nitrogen and oxygen atoms in total. The molecule has 1 N–H and O–H groups in total. The Balaban J connectivity index is 1.45. The molecule has 6 heteroatoms. The highest BCUT2D eigenvalue weighted by molar-refractivity contribution is 7.13. The lowest BCUT2D eigenvalue weighted by molar-refractivity contribution is -0.128. The lowest BCUT2D eigenvalue weighted by Gasteiger charge is -2.43. The number of carbonyl (C=O) groups is 1. The Morgan fingerprint density at radius 1 is 1.36 bits per heavy atom. The smallest absolute Gasteiger partial charge is 0.234 e. The van der Waals surface area contributed by atoms with E-state index in [1.54, 1.807) is 11.3 Å². The standard InChI is InChI=1S/C16H24N4OS/c1-19(12-6-7-12)16-17-11(10-22-16)8-20-9-15(21)18-13-4-2-3-5-14(13)20/h10,12-14H,2-9H2,1H3,(H,18,21)/t13-,14+/m1/s1. The van der Waals surface area contributed by atoms with Crippen molar-refractivity contribution < 1.29 is 4.79 Å². The maximum absolute atomic E-state index is 12.0. The zero-order valence-corrected chi connectivity index (χ0v) is 13.9. The lowest BCUT2D eigenvalue weighted by Crippen LogP contribution is -2.61. The van der Waals surface area contributed by atoms with Crippen molar-refractivity contribution >= 4 is 22.4 Å². The van der Waals surface area contributed by atoms with E-state index in [0.717, 1.165) is 23.8 Å². The van der Waals surface area contributed by atoms with Crippen molar-refractivity contribution in [3.63, 3.8) is 0 Å². The third-order valence-corrected chi connectivity index (χ3v) is 6.17. The second-order valence-corrected chi connectivity index (χ2v) is 7.73. The topological polar surface area (TPSA) is 48.5 Å². The van der Waals surface area contributed by atoms with Crippen LogP contribution in [0.25, 0.3) is 0 Å². The maximum atomic E-state index is 12.0. The van der Waals surface area contributed by atoms with Gasteiger partial charge in [0, 0.05) is 37.1 Å². The molecule has 2 aliphatic carbocycles. The lowest BCUT2D eigenvalue weighted by atomic mass is 9.87. The second kappa shape index (κ2) is 5.81. The number of hydrogen-bond donors (Lipinski definition) is 1. The van der Waals surface area contributed by atoms with Gasteiger partial charge in [0.2, 0.25) is 5.91 Å². The van der Waals surface area contributed by atoms with Crippen LogP contribution in [0.3, 0.4) is 0 Å². The largest absolute Gasteiger partial charge is 0.351 e. The first-order valence-electron chi connectivity index (χ1n) is 8.41. The normalized spacial score (nSPS) is 29.0. The predicted octanol–water partition coefficient (Wildman–Crippen LogP) is 1.98. The van der Waals surface area contributed by atoms with Gasteiger partial charge in [-0.3, -0.25) is 9.69 Å². The van der Waals surface area contributed by atoms with Crippen molar-refractivity contribution in [2.45, 2.75) is 63.2 Å². The molecule has 2 atom stereocenters. The zero-order valence-electron chi connectivity index (χ0n) is 13.1. The van der Waals surface area contributed by atoms with Gasteiger partial charge in [-0.25, -0.2) is 4.98 Å². The van der Waals surface area contributed by atoms with Crippen molar-refractivity contribution in [1.29, 1.82) is 0 Å². The maximum Gasteiger partial charge on any atom is 0.234 e. The van der Waals surface area contributed by atoms with Gasteiger partial charge in [-0.15, -0.1) is 11.3 Å². The molecule has 1 amide bonds. The summed E-state index contributed by atoms with van der Waals surface area (Å²) in [6.45, 7) is 1.33. The van der Waals surface area contributed by atoms with E-state index in [1.807, 2.05) is 0 Å². The molecule has 0 bridgehead atoms. The number of nitrogens with zero attached hydrogens (tertiary/aromatic N) is 3. The van der Waals surface area contributed by atoms with Gasteiger partial charge in [-0.05, 0) is 25.7 Å². The van der Waals surface area contributed by atoms with Crippen molar-refractivity contribution in [2.24, 2.45) is 0 Å². The van der Waals surface area contributed by atoms with E-state index in [2.05, 4.69) is 27.5 Å². The summed E-state index contributed by atoms with van der Waals surface area (Å²) in [6, 6.07) is 1.54. The molecule has 22 heavy (non-hydrogen) atoms. The van der Waals surface area contributed by atoms with Crippen LogP contribution in [0.5, 0.6) is 0 Å². The molecule has 1 saturated heterocycles. The average Bonchev–Trinajstić information content (AvgIpc) is 3.26. The van der Waals surface area contributed by atoms with Gasteiger partial charge in [0.1, 0.15) is 0 Å². The van der Waals surface area contributed by atoms with E-state index < -0.39 is 0 Å². The number of thiazole rings is 1. The number of anilines is 1. The van der Waals surface area contributed by atoms with Gasteiger partial charge < -0.3 is 10.2 Å². The van der Waals surface area contributed by atoms with E-state index in [4.69, 9.17) is 4.98 Å². The molecule has 0 spiro atoms. The van der Waals surface area contributed by atoms with E-state index >= 15 is 0 Å². The average molecular weight is 320 g/mol. The van der Waals surface area contributed by atoms with Crippen LogP contribution in [0.1, 0.15) is 44.2 Å². The third-order valence-electron chi connectivity index (χ3n) is 5.19. The summed E-state index contributed by atoms with van der Waals surface area (Å²) in [6.07, 6.45) is 7.43. The molecule has 3 aliphatic rings. The Bertz CT molecular complexity index is 556. The van der Waals surface area contributed by atoms with Crippen LogP contribution in [0.15, 0.2) is 5.38 Å². The number of amides is 1. The SMILES string of the molecule is CN(c1nc(CN2CC(=O)N[C@@H]3CCCC[C@@H]32)cs1)C1CC1. The molecule has 0 unspecified atom stereocenters. The molecule has 3 fully saturated rings. The summed E-state index contributed by atoms with van der Waals surface area (Å²) in [5.41, 5.74) is 1.12. The molecule has 1 aliphatic heterocycles. The Hall–Kier alpha value is -1.14. The fourth-order valence-corrected chi connectivity index (χ4v) is 4.65. The molecule has 4 rings (SSSR count). The predicted molar refractivity (Wildman–Crippen MR) is 88.1 cm³/mol. The first-order valence-corrected chi connectivity index (χ1v) is 9.29. The Morgan fingerprint density at radius 2 is 2.18 bits per heavy atom. The number of piperazine rings is 1. The van der Waals surface area contributed by atoms with Crippen LogP contribution in [-0.4, -0.2) is 47.5 Å². The van der Waals surface area contributed by atoms with Crippen molar-refractivity contribution in [2.75, 3.05) is 18.5 Å². The van der Waals surface area contributed by atoms with Crippen LogP contribution in [0, 0.1) is 0 Å². The number of carbonyl (C=O) groups excluding carboxylic acids is 1. The van der Waals surface area contributed by atoms with E-state index in [0.29, 0.717) is 24.7 Å². The molecule has 1 aromatic heterocycles. The second-order valence-electron chi connectivity index (χ2n) is 6.89. The van der Waals surface area contributed by atoms with Gasteiger partial charge in [-0.1, -0.05) is 12.8 Å². The first-order chi connectivity index (χ1) is 10.7. The van der Waals surface area contributed by atoms with E-state index in [1.165, 1.54) is 32.1 Å². The highest BCUT2D eigenvalue weighted by Crippen LogP contribution is 2.33. The quantitative estimate of drug-likeness (QED) is 0.922. The minimum Gasteiger partial charge on any atom is -0.351 e. The van der Waals surface area contributed by atoms with Gasteiger partial charge in [0.05, 0.1) is 12.2 Å². The Kier molecular flexibility index (Phi) is 3.82. The summed E-state index contributed by atoms with van der Waals surface area (Å²) in [4.78, 5) is 21.4. The fourth-order valence-electron chi connectivity index (χ4n) is 3.80. The summed E-state index contributed by atoms with van der Waals surface area (Å²) in [5, 5.41) is 6.46. The Labute approximate surface area is 135 Å². The Morgan fingerprint density at radius 3 is 3.00 bits per heavy atom. The van der Waals surface area contributed by atoms with Crippen LogP contribution in [0.2, 0.25) is 0 Å². The molecular weight excluding hydrogens is 296 g/mol. The molecule has 120 valence electrons. The highest BCUT2D eigenvalue weighted by atomic mass is 32.1. The zero-order chi connectivity index (χ0) is 15.1. The van der Waals surface area contributed by atoms with Crippen molar-refractivity contribution in [3.05, 3.63) is 11.1 Å². The molecule has 1 aromatic rings. The monoisotopic (exact) mass is 320 g/mol. The minimum absolute atomic E-state index is 0.175. The van der Waals surface area contributed by atoms with Crippen LogP contribution >= 0.6 is 11.3 Å². The van der Waals surface area contributed by atoms with E-state index in [9.17, 15) is 4.79 Å². The van der Waals surface area contributed by atoms with Gasteiger partial charge >= 0.3 is 0 Å². The number of rotatable bonds is 4. The molecular formula is C16H24N4OS. The minimum atomic E-state index is 0.175. The van der Waals surface area contributed by atoms with Crippen molar-refractivity contribution in [1.82, 2.24) is 15.2 Å². The summed E-state index contributed by atoms with van der Waals surface area (Å²) >= 11 is 1.73. The number of fused-ring (bicyclic) bond motifs is 1.